The number of hydrogen-bond donors (Lipinski definition) is 2. The molecular formula is C17H24N4O2S. The molecule has 1 atom stereocenters. The topological polar surface area (TPSA) is 70.4 Å². The number of furan rings is 1. The predicted octanol–water partition coefficient (Wildman–Crippen LogP) is 3.07. The predicted molar refractivity (Wildman–Crippen MR) is 94.0 cm³/mol. The van der Waals surface area contributed by atoms with Gasteiger partial charge in [-0.25, -0.2) is 9.78 Å². The summed E-state index contributed by atoms with van der Waals surface area (Å²) in [4.78, 5) is 18.8. The largest absolute Gasteiger partial charge is 0.468 e. The zero-order chi connectivity index (χ0) is 16.8. The van der Waals surface area contributed by atoms with Crippen LogP contribution in [0.3, 0.4) is 0 Å². The molecule has 1 aliphatic rings. The van der Waals surface area contributed by atoms with Crippen molar-refractivity contribution in [1.29, 1.82) is 0 Å². The van der Waals surface area contributed by atoms with Crippen LogP contribution in [0.4, 0.5) is 4.79 Å². The summed E-state index contributed by atoms with van der Waals surface area (Å²) in [5, 5.41) is 8.74. The van der Waals surface area contributed by atoms with Crippen LogP contribution in [0.15, 0.2) is 28.2 Å². The lowest BCUT2D eigenvalue weighted by atomic mass is 10.1. The molecule has 0 spiro atoms. The third-order valence-corrected chi connectivity index (χ3v) is 5.19. The standard InChI is InChI=1S/C17H24N4O2S/c1-13-12-24-16(20-13)11-19-17(22)18-10-14(15-6-5-9-23-15)21-7-3-2-4-8-21/h5-6,9,12,14H,2-4,7-8,10-11H2,1H3,(H2,18,19,22)/t14-/m1/s1. The molecule has 0 unspecified atom stereocenters. The molecule has 130 valence electrons. The van der Waals surface area contributed by atoms with E-state index in [9.17, 15) is 4.79 Å². The van der Waals surface area contributed by atoms with Crippen LogP contribution in [0.5, 0.6) is 0 Å². The number of carbonyl (C=O) groups is 1. The molecular weight excluding hydrogens is 324 g/mol. The molecule has 2 aromatic rings. The first-order valence-electron chi connectivity index (χ1n) is 8.42. The summed E-state index contributed by atoms with van der Waals surface area (Å²) in [5.74, 6) is 0.910. The Morgan fingerprint density at radius 1 is 1.38 bits per heavy atom. The SMILES string of the molecule is Cc1csc(CNC(=O)NC[C@H](c2ccco2)N2CCCCC2)n1. The average molecular weight is 348 g/mol. The van der Waals surface area contributed by atoms with Gasteiger partial charge in [-0.1, -0.05) is 6.42 Å². The molecule has 1 saturated heterocycles. The zero-order valence-corrected chi connectivity index (χ0v) is 14.8. The van der Waals surface area contributed by atoms with E-state index < -0.39 is 0 Å². The first kappa shape index (κ1) is 17.0. The van der Waals surface area contributed by atoms with Crippen molar-refractivity contribution in [2.45, 2.75) is 38.8 Å². The van der Waals surface area contributed by atoms with Gasteiger partial charge in [-0.05, 0) is 45.0 Å². The molecule has 3 heterocycles. The highest BCUT2D eigenvalue weighted by atomic mass is 32.1. The van der Waals surface area contributed by atoms with Gasteiger partial charge >= 0.3 is 6.03 Å². The van der Waals surface area contributed by atoms with Crippen molar-refractivity contribution in [3.05, 3.63) is 40.2 Å². The van der Waals surface area contributed by atoms with Crippen molar-refractivity contribution >= 4 is 17.4 Å². The number of nitrogens with zero attached hydrogens (tertiary/aromatic N) is 2. The fraction of sp³-hybridized carbons (Fsp3) is 0.529. The Labute approximate surface area is 146 Å². The van der Waals surface area contributed by atoms with E-state index in [0.29, 0.717) is 13.1 Å². The fourth-order valence-corrected chi connectivity index (χ4v) is 3.72. The summed E-state index contributed by atoms with van der Waals surface area (Å²) in [7, 11) is 0. The molecule has 0 aliphatic carbocycles. The quantitative estimate of drug-likeness (QED) is 0.842. The van der Waals surface area contributed by atoms with E-state index in [4.69, 9.17) is 4.42 Å². The van der Waals surface area contributed by atoms with E-state index >= 15 is 0 Å². The number of urea groups is 1. The highest BCUT2D eigenvalue weighted by Crippen LogP contribution is 2.24. The molecule has 24 heavy (non-hydrogen) atoms. The number of piperidine rings is 1. The van der Waals surface area contributed by atoms with Gasteiger partial charge in [-0.3, -0.25) is 4.90 Å². The van der Waals surface area contributed by atoms with Gasteiger partial charge in [0.2, 0.25) is 0 Å². The second kappa shape index (κ2) is 8.30. The Morgan fingerprint density at radius 3 is 2.88 bits per heavy atom. The maximum Gasteiger partial charge on any atom is 0.315 e. The van der Waals surface area contributed by atoms with Crippen LogP contribution >= 0.6 is 11.3 Å². The number of hydrogen-bond acceptors (Lipinski definition) is 5. The minimum absolute atomic E-state index is 0.0909. The highest BCUT2D eigenvalue weighted by Gasteiger charge is 2.24. The van der Waals surface area contributed by atoms with E-state index in [1.807, 2.05) is 24.4 Å². The lowest BCUT2D eigenvalue weighted by molar-refractivity contribution is 0.143. The zero-order valence-electron chi connectivity index (χ0n) is 14.0. The molecule has 3 rings (SSSR count). The Bertz CT molecular complexity index is 635. The molecule has 0 radical (unpaired) electrons. The van der Waals surface area contributed by atoms with Gasteiger partial charge in [0.05, 0.1) is 18.8 Å². The van der Waals surface area contributed by atoms with Crippen LogP contribution in [0, 0.1) is 6.92 Å². The van der Waals surface area contributed by atoms with Crippen LogP contribution in [-0.2, 0) is 6.54 Å². The second-order valence-corrected chi connectivity index (χ2v) is 7.02. The second-order valence-electron chi connectivity index (χ2n) is 6.07. The summed E-state index contributed by atoms with van der Waals surface area (Å²) in [6.07, 6.45) is 5.37. The van der Waals surface area contributed by atoms with Gasteiger partial charge in [0.1, 0.15) is 10.8 Å². The fourth-order valence-electron chi connectivity index (χ4n) is 3.01. The first-order valence-corrected chi connectivity index (χ1v) is 9.30. The number of rotatable bonds is 6. The monoisotopic (exact) mass is 348 g/mol. The number of thiazole rings is 1. The Kier molecular flexibility index (Phi) is 5.87. The van der Waals surface area contributed by atoms with Gasteiger partial charge in [-0.15, -0.1) is 11.3 Å². The molecule has 0 aromatic carbocycles. The summed E-state index contributed by atoms with van der Waals surface area (Å²) >= 11 is 1.56. The van der Waals surface area contributed by atoms with Crippen LogP contribution < -0.4 is 10.6 Å². The van der Waals surface area contributed by atoms with Crippen molar-refractivity contribution < 1.29 is 9.21 Å². The van der Waals surface area contributed by atoms with Gasteiger partial charge < -0.3 is 15.1 Å². The minimum atomic E-state index is -0.170. The molecule has 2 N–H and O–H groups in total. The number of aryl methyl sites for hydroxylation is 1. The minimum Gasteiger partial charge on any atom is -0.468 e. The summed E-state index contributed by atoms with van der Waals surface area (Å²) in [6.45, 7) is 5.04. The van der Waals surface area contributed by atoms with Crippen molar-refractivity contribution in [3.63, 3.8) is 0 Å². The van der Waals surface area contributed by atoms with Gasteiger partial charge in [-0.2, -0.15) is 0 Å². The van der Waals surface area contributed by atoms with Crippen molar-refractivity contribution in [1.82, 2.24) is 20.5 Å². The smallest absolute Gasteiger partial charge is 0.315 e. The normalized spacial score (nSPS) is 16.7. The Morgan fingerprint density at radius 2 is 2.21 bits per heavy atom. The van der Waals surface area contributed by atoms with Gasteiger partial charge in [0.15, 0.2) is 0 Å². The number of likely N-dealkylation sites (tertiary alicyclic amines) is 1. The lowest BCUT2D eigenvalue weighted by Gasteiger charge is -2.33. The maximum atomic E-state index is 12.1. The number of aromatic nitrogens is 1. The van der Waals surface area contributed by atoms with Crippen molar-refractivity contribution in [3.8, 4) is 0 Å². The number of amides is 2. The van der Waals surface area contributed by atoms with Crippen LogP contribution in [0.2, 0.25) is 0 Å². The third kappa shape index (κ3) is 4.58. The molecule has 1 aliphatic heterocycles. The number of nitrogens with one attached hydrogen (secondary N) is 2. The van der Waals surface area contributed by atoms with Crippen LogP contribution in [-0.4, -0.2) is 35.5 Å². The summed E-state index contributed by atoms with van der Waals surface area (Å²) < 4.78 is 5.59. The number of carbonyl (C=O) groups excluding carboxylic acids is 1. The molecule has 7 heteroatoms. The molecule has 1 fully saturated rings. The molecule has 2 amide bonds. The van der Waals surface area contributed by atoms with E-state index in [1.165, 1.54) is 19.3 Å². The maximum absolute atomic E-state index is 12.1. The lowest BCUT2D eigenvalue weighted by Crippen LogP contribution is -2.43. The van der Waals surface area contributed by atoms with Crippen molar-refractivity contribution in [2.24, 2.45) is 0 Å². The third-order valence-electron chi connectivity index (χ3n) is 4.23. The molecule has 0 saturated carbocycles. The first-order chi connectivity index (χ1) is 11.7. The summed E-state index contributed by atoms with van der Waals surface area (Å²) in [5.41, 5.74) is 0.986. The van der Waals surface area contributed by atoms with E-state index in [2.05, 4.69) is 20.5 Å². The van der Waals surface area contributed by atoms with E-state index in [-0.39, 0.29) is 12.1 Å². The Balaban J connectivity index is 1.52. The van der Waals surface area contributed by atoms with Crippen molar-refractivity contribution in [2.75, 3.05) is 19.6 Å². The molecule has 0 bridgehead atoms. The highest BCUT2D eigenvalue weighted by molar-refractivity contribution is 7.09. The average Bonchev–Trinajstić information content (AvgIpc) is 3.26. The van der Waals surface area contributed by atoms with E-state index in [1.54, 1.807) is 17.6 Å². The van der Waals surface area contributed by atoms with E-state index in [0.717, 1.165) is 29.6 Å². The Hall–Kier alpha value is -1.86. The van der Waals surface area contributed by atoms with Gasteiger partial charge in [0, 0.05) is 17.6 Å². The van der Waals surface area contributed by atoms with Crippen LogP contribution in [0.1, 0.15) is 41.8 Å². The van der Waals surface area contributed by atoms with Crippen LogP contribution in [0.25, 0.3) is 0 Å². The summed E-state index contributed by atoms with van der Waals surface area (Å²) in [6, 6.07) is 3.80. The molecule has 6 nitrogen and oxygen atoms in total. The van der Waals surface area contributed by atoms with Gasteiger partial charge in [0.25, 0.3) is 0 Å². The molecule has 2 aromatic heterocycles.